The molecule has 0 saturated heterocycles. The molecule has 0 spiro atoms. The number of ether oxygens (including phenoxy) is 1. The van der Waals surface area contributed by atoms with E-state index in [1.54, 1.807) is 22.9 Å². The number of hydrogen-bond acceptors (Lipinski definition) is 4. The van der Waals surface area contributed by atoms with Crippen molar-refractivity contribution in [2.45, 2.75) is 19.4 Å². The molecule has 2 N–H and O–H groups in total. The van der Waals surface area contributed by atoms with Crippen LogP contribution in [0.15, 0.2) is 18.2 Å². The molecule has 2 aromatic rings. The van der Waals surface area contributed by atoms with E-state index in [4.69, 9.17) is 33.7 Å². The Hall–Kier alpha value is -1.30. The fourth-order valence-corrected chi connectivity index (χ4v) is 2.36. The van der Waals surface area contributed by atoms with Crippen LogP contribution in [0.2, 0.25) is 10.0 Å². The van der Waals surface area contributed by atoms with Crippen LogP contribution >= 0.6 is 23.2 Å². The largest absolute Gasteiger partial charge is 0.492 e. The number of hydrogen-bond donors (Lipinski definition) is 1. The first kappa shape index (κ1) is 15.1. The van der Waals surface area contributed by atoms with Gasteiger partial charge >= 0.3 is 0 Å². The summed E-state index contributed by atoms with van der Waals surface area (Å²) < 4.78 is 7.38. The maximum absolute atomic E-state index is 6.03. The molecule has 108 valence electrons. The summed E-state index contributed by atoms with van der Waals surface area (Å²) in [4.78, 5) is 0. The van der Waals surface area contributed by atoms with Gasteiger partial charge in [-0.3, -0.25) is 4.68 Å². The Morgan fingerprint density at radius 3 is 2.85 bits per heavy atom. The summed E-state index contributed by atoms with van der Waals surface area (Å²) in [5.41, 5.74) is 7.49. The molecule has 1 heterocycles. The Morgan fingerprint density at radius 2 is 2.15 bits per heavy atom. The minimum absolute atomic E-state index is 0.396. The van der Waals surface area contributed by atoms with Gasteiger partial charge < -0.3 is 10.5 Å². The molecule has 0 amide bonds. The zero-order chi connectivity index (χ0) is 14.5. The van der Waals surface area contributed by atoms with E-state index in [0.29, 0.717) is 28.9 Å². The average Bonchev–Trinajstić information content (AvgIpc) is 2.77. The van der Waals surface area contributed by atoms with Crippen molar-refractivity contribution in [3.8, 4) is 5.75 Å². The monoisotopic (exact) mass is 314 g/mol. The minimum Gasteiger partial charge on any atom is -0.492 e. The lowest BCUT2D eigenvalue weighted by Gasteiger charge is -2.08. The van der Waals surface area contributed by atoms with Crippen molar-refractivity contribution in [2.24, 2.45) is 12.8 Å². The Labute approximate surface area is 127 Å². The van der Waals surface area contributed by atoms with Crippen molar-refractivity contribution in [3.63, 3.8) is 0 Å². The molecule has 0 saturated carbocycles. The van der Waals surface area contributed by atoms with Crippen molar-refractivity contribution in [3.05, 3.63) is 39.6 Å². The molecule has 0 unspecified atom stereocenters. The van der Waals surface area contributed by atoms with E-state index < -0.39 is 0 Å². The molecule has 0 aliphatic heterocycles. The zero-order valence-corrected chi connectivity index (χ0v) is 12.7. The maximum atomic E-state index is 6.03. The molecule has 1 aromatic carbocycles. The number of aryl methyl sites for hydroxylation is 1. The molecule has 0 radical (unpaired) electrons. The Morgan fingerprint density at radius 1 is 1.35 bits per heavy atom. The number of halogens is 2. The van der Waals surface area contributed by atoms with Crippen LogP contribution in [0.3, 0.4) is 0 Å². The fraction of sp³-hybridized carbons (Fsp3) is 0.385. The molecular weight excluding hydrogens is 299 g/mol. The second-order valence-electron chi connectivity index (χ2n) is 4.34. The number of rotatable bonds is 6. The first-order valence-electron chi connectivity index (χ1n) is 6.27. The molecule has 20 heavy (non-hydrogen) atoms. The van der Waals surface area contributed by atoms with Gasteiger partial charge in [0.15, 0.2) is 0 Å². The third-order valence-electron chi connectivity index (χ3n) is 2.93. The van der Waals surface area contributed by atoms with Crippen LogP contribution in [0, 0.1) is 0 Å². The maximum Gasteiger partial charge on any atom is 0.137 e. The van der Waals surface area contributed by atoms with Crippen LogP contribution in [-0.2, 0) is 20.0 Å². The first-order valence-corrected chi connectivity index (χ1v) is 7.02. The highest BCUT2D eigenvalue weighted by atomic mass is 35.5. The van der Waals surface area contributed by atoms with Crippen LogP contribution in [-0.4, -0.2) is 21.6 Å². The third-order valence-corrected chi connectivity index (χ3v) is 3.46. The van der Waals surface area contributed by atoms with Crippen LogP contribution in [0.4, 0.5) is 0 Å². The molecule has 2 rings (SSSR count). The van der Waals surface area contributed by atoms with Gasteiger partial charge in [-0.2, -0.15) is 0 Å². The van der Waals surface area contributed by atoms with E-state index >= 15 is 0 Å². The highest BCUT2D eigenvalue weighted by Crippen LogP contribution is 2.27. The molecular formula is C13H16Cl2N4O. The Kier molecular flexibility index (Phi) is 5.23. The van der Waals surface area contributed by atoms with Gasteiger partial charge in [-0.1, -0.05) is 28.4 Å². The quantitative estimate of drug-likeness (QED) is 0.832. The minimum atomic E-state index is 0.396. The van der Waals surface area contributed by atoms with Crippen LogP contribution in [0.5, 0.6) is 5.75 Å². The molecule has 0 fully saturated rings. The van der Waals surface area contributed by atoms with E-state index in [1.165, 1.54) is 0 Å². The average molecular weight is 315 g/mol. The molecule has 0 atom stereocenters. The smallest absolute Gasteiger partial charge is 0.137 e. The van der Waals surface area contributed by atoms with Gasteiger partial charge in [0.2, 0.25) is 0 Å². The standard InChI is InChI=1S/C13H16Cl2N4O/c1-19-12(11(8-16)17-18-19)3-2-6-20-13-5-4-9(14)7-10(13)15/h4-5,7H,2-3,6,8,16H2,1H3. The SMILES string of the molecule is Cn1nnc(CN)c1CCCOc1ccc(Cl)cc1Cl. The lowest BCUT2D eigenvalue weighted by Crippen LogP contribution is -2.07. The summed E-state index contributed by atoms with van der Waals surface area (Å²) in [6.07, 6.45) is 1.63. The normalized spacial score (nSPS) is 10.8. The van der Waals surface area contributed by atoms with Gasteiger partial charge in [0.25, 0.3) is 0 Å². The van der Waals surface area contributed by atoms with Crippen molar-refractivity contribution in [1.29, 1.82) is 0 Å². The summed E-state index contributed by atoms with van der Waals surface area (Å²) >= 11 is 11.9. The second kappa shape index (κ2) is 6.92. The van der Waals surface area contributed by atoms with E-state index in [-0.39, 0.29) is 0 Å². The lowest BCUT2D eigenvalue weighted by atomic mass is 10.2. The second-order valence-corrected chi connectivity index (χ2v) is 5.18. The number of nitrogens with zero attached hydrogens (tertiary/aromatic N) is 3. The van der Waals surface area contributed by atoms with Crippen molar-refractivity contribution >= 4 is 23.2 Å². The summed E-state index contributed by atoms with van der Waals surface area (Å²) in [7, 11) is 1.86. The number of benzene rings is 1. The van der Waals surface area contributed by atoms with Gasteiger partial charge in [0.05, 0.1) is 23.0 Å². The van der Waals surface area contributed by atoms with Crippen LogP contribution in [0.1, 0.15) is 17.8 Å². The van der Waals surface area contributed by atoms with Crippen molar-refractivity contribution < 1.29 is 4.74 Å². The van der Waals surface area contributed by atoms with Crippen LogP contribution < -0.4 is 10.5 Å². The van der Waals surface area contributed by atoms with Crippen LogP contribution in [0.25, 0.3) is 0 Å². The van der Waals surface area contributed by atoms with Crippen molar-refractivity contribution in [2.75, 3.05) is 6.61 Å². The third kappa shape index (κ3) is 3.62. The molecule has 0 aliphatic carbocycles. The highest BCUT2D eigenvalue weighted by Gasteiger charge is 2.09. The van der Waals surface area contributed by atoms with E-state index in [1.807, 2.05) is 7.05 Å². The summed E-state index contributed by atoms with van der Waals surface area (Å²) in [5.74, 6) is 0.637. The lowest BCUT2D eigenvalue weighted by molar-refractivity contribution is 0.310. The van der Waals surface area contributed by atoms with Gasteiger partial charge in [0, 0.05) is 18.6 Å². The first-order chi connectivity index (χ1) is 9.61. The van der Waals surface area contributed by atoms with Crippen molar-refractivity contribution in [1.82, 2.24) is 15.0 Å². The van der Waals surface area contributed by atoms with E-state index in [2.05, 4.69) is 10.3 Å². The number of nitrogens with two attached hydrogens (primary N) is 1. The highest BCUT2D eigenvalue weighted by molar-refractivity contribution is 6.35. The van der Waals surface area contributed by atoms with E-state index in [9.17, 15) is 0 Å². The summed E-state index contributed by atoms with van der Waals surface area (Å²) in [6, 6.07) is 5.18. The van der Waals surface area contributed by atoms with Gasteiger partial charge in [-0.25, -0.2) is 0 Å². The summed E-state index contributed by atoms with van der Waals surface area (Å²) in [5, 5.41) is 9.07. The van der Waals surface area contributed by atoms with Gasteiger partial charge in [-0.05, 0) is 31.0 Å². The molecule has 1 aromatic heterocycles. The van der Waals surface area contributed by atoms with Gasteiger partial charge in [0.1, 0.15) is 5.75 Å². The predicted octanol–water partition coefficient (Wildman–Crippen LogP) is 2.59. The molecule has 5 nitrogen and oxygen atoms in total. The Bertz CT molecular complexity index is 586. The van der Waals surface area contributed by atoms with E-state index in [0.717, 1.165) is 24.2 Å². The number of aromatic nitrogens is 3. The molecule has 7 heteroatoms. The Balaban J connectivity index is 1.86. The predicted molar refractivity (Wildman–Crippen MR) is 79.2 cm³/mol. The topological polar surface area (TPSA) is 66.0 Å². The molecule has 0 aliphatic rings. The summed E-state index contributed by atoms with van der Waals surface area (Å²) in [6.45, 7) is 0.948. The fourth-order valence-electron chi connectivity index (χ4n) is 1.90. The van der Waals surface area contributed by atoms with Gasteiger partial charge in [-0.15, -0.1) is 5.10 Å². The zero-order valence-electron chi connectivity index (χ0n) is 11.1. The molecule has 0 bridgehead atoms.